The molecule has 1 heteroatoms. The summed E-state index contributed by atoms with van der Waals surface area (Å²) in [6.45, 7) is 7.17. The number of rotatable bonds is 6. The molecule has 0 radical (unpaired) electrons. The van der Waals surface area contributed by atoms with Gasteiger partial charge in [0.1, 0.15) is 0 Å². The van der Waals surface area contributed by atoms with Gasteiger partial charge < -0.3 is 5.32 Å². The van der Waals surface area contributed by atoms with Crippen LogP contribution in [-0.4, -0.2) is 13.1 Å². The smallest absolute Gasteiger partial charge is 0.00358 e. The molecule has 0 aromatic heterocycles. The zero-order valence-corrected chi connectivity index (χ0v) is 10.3. The Morgan fingerprint density at radius 2 is 1.79 bits per heavy atom. The molecule has 1 rings (SSSR count). The van der Waals surface area contributed by atoms with Gasteiger partial charge in [-0.15, -0.1) is 0 Å². The Kier molecular flexibility index (Phi) is 4.94. The van der Waals surface area contributed by atoms with Crippen molar-refractivity contribution < 1.29 is 0 Å². The third-order valence-electron chi connectivity index (χ3n) is 4.34. The number of nitrogens with one attached hydrogen (secondary N) is 1. The second kappa shape index (κ2) is 5.75. The van der Waals surface area contributed by atoms with E-state index < -0.39 is 0 Å². The van der Waals surface area contributed by atoms with Crippen molar-refractivity contribution in [3.63, 3.8) is 0 Å². The molecule has 1 nitrogen and oxygen atoms in total. The van der Waals surface area contributed by atoms with Crippen LogP contribution in [0.4, 0.5) is 0 Å². The number of hydrogen-bond donors (Lipinski definition) is 1. The molecular formula is C13H27N. The Hall–Kier alpha value is -0.0400. The summed E-state index contributed by atoms with van der Waals surface area (Å²) in [5.41, 5.74) is 0. The Labute approximate surface area is 89.7 Å². The highest BCUT2D eigenvalue weighted by atomic mass is 14.8. The van der Waals surface area contributed by atoms with Gasteiger partial charge in [0.05, 0.1) is 0 Å². The van der Waals surface area contributed by atoms with Gasteiger partial charge in [-0.25, -0.2) is 0 Å². The first-order chi connectivity index (χ1) is 6.65. The molecule has 0 aromatic rings. The van der Waals surface area contributed by atoms with Crippen LogP contribution in [0.3, 0.4) is 0 Å². The van der Waals surface area contributed by atoms with Gasteiger partial charge in [0.2, 0.25) is 0 Å². The second-order valence-corrected chi connectivity index (χ2v) is 5.29. The molecule has 14 heavy (non-hydrogen) atoms. The molecule has 1 fully saturated rings. The monoisotopic (exact) mass is 197 g/mol. The lowest BCUT2D eigenvalue weighted by Gasteiger charge is -2.35. The summed E-state index contributed by atoms with van der Waals surface area (Å²) in [7, 11) is 2.06. The lowest BCUT2D eigenvalue weighted by molar-refractivity contribution is 0.159. The topological polar surface area (TPSA) is 12.0 Å². The normalized spacial score (nSPS) is 24.0. The predicted molar refractivity (Wildman–Crippen MR) is 63.4 cm³/mol. The van der Waals surface area contributed by atoms with Crippen molar-refractivity contribution in [2.75, 3.05) is 7.05 Å². The van der Waals surface area contributed by atoms with E-state index in [1.54, 1.807) is 0 Å². The van der Waals surface area contributed by atoms with Crippen molar-refractivity contribution in [2.45, 2.75) is 58.9 Å². The minimum Gasteiger partial charge on any atom is -0.317 e. The lowest BCUT2D eigenvalue weighted by Crippen LogP contribution is -2.27. The average Bonchev–Trinajstić information content (AvgIpc) is 2.10. The third kappa shape index (κ3) is 3.27. The van der Waals surface area contributed by atoms with Crippen molar-refractivity contribution in [2.24, 2.45) is 17.8 Å². The van der Waals surface area contributed by atoms with E-state index in [1.165, 1.54) is 32.1 Å². The summed E-state index contributed by atoms with van der Waals surface area (Å²) in [4.78, 5) is 0. The molecule has 0 bridgehead atoms. The van der Waals surface area contributed by atoms with E-state index >= 15 is 0 Å². The van der Waals surface area contributed by atoms with Crippen molar-refractivity contribution in [3.05, 3.63) is 0 Å². The predicted octanol–water partition coefficient (Wildman–Crippen LogP) is 3.45. The molecule has 0 spiro atoms. The van der Waals surface area contributed by atoms with Crippen molar-refractivity contribution in [1.29, 1.82) is 0 Å². The maximum atomic E-state index is 3.32. The van der Waals surface area contributed by atoms with Crippen LogP contribution in [0.1, 0.15) is 52.9 Å². The first-order valence-electron chi connectivity index (χ1n) is 6.32. The van der Waals surface area contributed by atoms with Crippen LogP contribution in [0.2, 0.25) is 0 Å². The average molecular weight is 197 g/mol. The van der Waals surface area contributed by atoms with Crippen LogP contribution in [0, 0.1) is 17.8 Å². The Balaban J connectivity index is 2.16. The van der Waals surface area contributed by atoms with E-state index in [0.29, 0.717) is 6.04 Å². The Bertz CT molecular complexity index is 151. The summed E-state index contributed by atoms with van der Waals surface area (Å²) in [5.74, 6) is 2.92. The van der Waals surface area contributed by atoms with Crippen molar-refractivity contribution in [3.8, 4) is 0 Å². The molecule has 0 aromatic carbocycles. The van der Waals surface area contributed by atoms with E-state index in [0.717, 1.165) is 17.8 Å². The summed E-state index contributed by atoms with van der Waals surface area (Å²) < 4.78 is 0. The van der Waals surface area contributed by atoms with Crippen molar-refractivity contribution >= 4 is 0 Å². The first-order valence-corrected chi connectivity index (χ1v) is 6.32. The Morgan fingerprint density at radius 1 is 1.14 bits per heavy atom. The van der Waals surface area contributed by atoms with E-state index in [9.17, 15) is 0 Å². The van der Waals surface area contributed by atoms with E-state index in [-0.39, 0.29) is 0 Å². The zero-order chi connectivity index (χ0) is 10.6. The summed E-state index contributed by atoms with van der Waals surface area (Å²) in [6, 6.07) is 0.686. The molecule has 0 saturated heterocycles. The maximum absolute atomic E-state index is 3.32. The molecule has 3 atom stereocenters. The zero-order valence-electron chi connectivity index (χ0n) is 10.3. The fraction of sp³-hybridized carbons (Fsp3) is 1.00. The van der Waals surface area contributed by atoms with Gasteiger partial charge in [-0.05, 0) is 44.6 Å². The van der Waals surface area contributed by atoms with Crippen LogP contribution < -0.4 is 5.32 Å². The molecule has 2 unspecified atom stereocenters. The van der Waals surface area contributed by atoms with E-state index in [4.69, 9.17) is 0 Å². The van der Waals surface area contributed by atoms with E-state index in [2.05, 4.69) is 33.1 Å². The van der Waals surface area contributed by atoms with Gasteiger partial charge in [0.15, 0.2) is 0 Å². The van der Waals surface area contributed by atoms with Crippen LogP contribution in [0.5, 0.6) is 0 Å². The largest absolute Gasteiger partial charge is 0.317 e. The summed E-state index contributed by atoms with van der Waals surface area (Å²) >= 11 is 0. The highest BCUT2D eigenvalue weighted by Crippen LogP contribution is 2.38. The fourth-order valence-electron chi connectivity index (χ4n) is 2.35. The van der Waals surface area contributed by atoms with E-state index in [1.807, 2.05) is 0 Å². The first kappa shape index (κ1) is 12.0. The quantitative estimate of drug-likeness (QED) is 0.688. The summed E-state index contributed by atoms with van der Waals surface area (Å²) in [5, 5.41) is 3.32. The fourth-order valence-corrected chi connectivity index (χ4v) is 2.35. The minimum atomic E-state index is 0.686. The van der Waals surface area contributed by atoms with Crippen LogP contribution in [-0.2, 0) is 0 Å². The van der Waals surface area contributed by atoms with Gasteiger partial charge >= 0.3 is 0 Å². The van der Waals surface area contributed by atoms with Crippen molar-refractivity contribution in [1.82, 2.24) is 5.32 Å². The number of hydrogen-bond acceptors (Lipinski definition) is 1. The second-order valence-electron chi connectivity index (χ2n) is 5.29. The molecule has 1 saturated carbocycles. The molecule has 84 valence electrons. The molecule has 1 aliphatic rings. The van der Waals surface area contributed by atoms with Crippen LogP contribution in [0.15, 0.2) is 0 Å². The maximum Gasteiger partial charge on any atom is 0.00358 e. The standard InChI is InChI=1S/C13H27N/c1-10(8-9-11(2)14-4)12(3)13-6-5-7-13/h10-14H,5-9H2,1-4H3/t10-,11?,12?/m0/s1. The Morgan fingerprint density at radius 3 is 2.21 bits per heavy atom. The molecule has 1 aliphatic carbocycles. The van der Waals surface area contributed by atoms with Crippen LogP contribution >= 0.6 is 0 Å². The van der Waals surface area contributed by atoms with Gasteiger partial charge in [0, 0.05) is 6.04 Å². The molecule has 0 amide bonds. The molecule has 0 heterocycles. The third-order valence-corrected chi connectivity index (χ3v) is 4.34. The molecule has 1 N–H and O–H groups in total. The summed E-state index contributed by atoms with van der Waals surface area (Å²) in [6.07, 6.45) is 7.18. The SMILES string of the molecule is CNC(C)CC[C@H](C)C(C)C1CCC1. The van der Waals surface area contributed by atoms with Crippen LogP contribution in [0.25, 0.3) is 0 Å². The highest BCUT2D eigenvalue weighted by Gasteiger charge is 2.27. The minimum absolute atomic E-state index is 0.686. The lowest BCUT2D eigenvalue weighted by atomic mass is 9.71. The van der Waals surface area contributed by atoms with Gasteiger partial charge in [-0.1, -0.05) is 33.1 Å². The van der Waals surface area contributed by atoms with Gasteiger partial charge in [0.25, 0.3) is 0 Å². The highest BCUT2D eigenvalue weighted by molar-refractivity contribution is 4.78. The van der Waals surface area contributed by atoms with Gasteiger partial charge in [-0.3, -0.25) is 0 Å². The molecular weight excluding hydrogens is 170 g/mol. The van der Waals surface area contributed by atoms with Gasteiger partial charge in [-0.2, -0.15) is 0 Å². The molecule has 0 aliphatic heterocycles.